The Labute approximate surface area is 182 Å². The Bertz CT molecular complexity index is 955. The molecule has 8 nitrogen and oxygen atoms in total. The lowest BCUT2D eigenvalue weighted by Crippen LogP contribution is -2.45. The van der Waals surface area contributed by atoms with Crippen LogP contribution >= 0.6 is 0 Å². The summed E-state index contributed by atoms with van der Waals surface area (Å²) in [6, 6.07) is 6.31. The van der Waals surface area contributed by atoms with Crippen molar-refractivity contribution in [3.8, 4) is 11.8 Å². The Balaban J connectivity index is 1.31. The minimum Gasteiger partial charge on any atom is -0.494 e. The fourth-order valence-electron chi connectivity index (χ4n) is 4.09. The summed E-state index contributed by atoms with van der Waals surface area (Å²) in [6.45, 7) is 5.73. The predicted octanol–water partition coefficient (Wildman–Crippen LogP) is 2.52. The average Bonchev–Trinajstić information content (AvgIpc) is 3.18. The van der Waals surface area contributed by atoms with Crippen molar-refractivity contribution < 1.29 is 19.1 Å². The molecule has 4 rings (SSSR count). The van der Waals surface area contributed by atoms with Crippen LogP contribution in [0.5, 0.6) is 11.8 Å². The number of likely N-dealkylation sites (tertiary alicyclic amines) is 1. The molecule has 2 aromatic rings. The van der Waals surface area contributed by atoms with Gasteiger partial charge in [-0.05, 0) is 37.1 Å². The highest BCUT2D eigenvalue weighted by atomic mass is 16.5. The number of hydrogen-bond donors (Lipinski definition) is 0. The van der Waals surface area contributed by atoms with Gasteiger partial charge in [0, 0.05) is 44.6 Å². The van der Waals surface area contributed by atoms with Gasteiger partial charge in [0.2, 0.25) is 11.8 Å². The highest BCUT2D eigenvalue weighted by Crippen LogP contribution is 2.29. The molecule has 0 N–H and O–H groups in total. The summed E-state index contributed by atoms with van der Waals surface area (Å²) in [5, 5.41) is 0. The number of piperidine rings is 1. The Hall–Kier alpha value is -3.16. The molecule has 0 spiro atoms. The van der Waals surface area contributed by atoms with E-state index in [1.165, 1.54) is 5.56 Å². The van der Waals surface area contributed by atoms with E-state index in [2.05, 4.69) is 9.97 Å². The van der Waals surface area contributed by atoms with Gasteiger partial charge >= 0.3 is 6.01 Å². The Morgan fingerprint density at radius 1 is 1.10 bits per heavy atom. The summed E-state index contributed by atoms with van der Waals surface area (Å²) in [6.07, 6.45) is 4.79. The third kappa shape index (κ3) is 4.62. The van der Waals surface area contributed by atoms with Gasteiger partial charge in [0.25, 0.3) is 0 Å². The van der Waals surface area contributed by atoms with Gasteiger partial charge in [-0.3, -0.25) is 9.59 Å². The number of methoxy groups -OCH3 is 1. The Morgan fingerprint density at radius 3 is 2.45 bits per heavy atom. The molecule has 0 saturated carbocycles. The quantitative estimate of drug-likeness (QED) is 0.733. The van der Waals surface area contributed by atoms with E-state index >= 15 is 0 Å². The normalized spacial score (nSPS) is 19.6. The van der Waals surface area contributed by atoms with E-state index in [0.717, 1.165) is 11.3 Å². The number of hydrogen-bond acceptors (Lipinski definition) is 6. The zero-order chi connectivity index (χ0) is 22.0. The minimum atomic E-state index is -0.295. The van der Waals surface area contributed by atoms with Crippen LogP contribution in [0.3, 0.4) is 0 Å². The van der Waals surface area contributed by atoms with Crippen molar-refractivity contribution in [3.63, 3.8) is 0 Å². The van der Waals surface area contributed by atoms with Crippen molar-refractivity contribution in [2.24, 2.45) is 5.92 Å². The first kappa shape index (κ1) is 21.1. The first-order valence-corrected chi connectivity index (χ1v) is 10.6. The van der Waals surface area contributed by atoms with Gasteiger partial charge in [-0.15, -0.1) is 0 Å². The van der Waals surface area contributed by atoms with E-state index in [1.807, 2.05) is 36.9 Å². The zero-order valence-electron chi connectivity index (χ0n) is 18.2. The molecule has 2 amide bonds. The number of amides is 2. The predicted molar refractivity (Wildman–Crippen MR) is 115 cm³/mol. The maximum atomic E-state index is 13.0. The molecule has 1 aromatic carbocycles. The lowest BCUT2D eigenvalue weighted by molar-refractivity contribution is -0.137. The number of ether oxygens (including phenoxy) is 2. The van der Waals surface area contributed by atoms with Crippen LogP contribution in [0.1, 0.15) is 30.4 Å². The largest absolute Gasteiger partial charge is 0.494 e. The molecular weight excluding hydrogens is 396 g/mol. The Kier molecular flexibility index (Phi) is 6.06. The average molecular weight is 425 g/mol. The maximum Gasteiger partial charge on any atom is 0.316 e. The smallest absolute Gasteiger partial charge is 0.316 e. The zero-order valence-corrected chi connectivity index (χ0v) is 18.2. The molecule has 2 saturated heterocycles. The third-order valence-corrected chi connectivity index (χ3v) is 6.14. The number of anilines is 1. The van der Waals surface area contributed by atoms with E-state index in [4.69, 9.17) is 9.47 Å². The van der Waals surface area contributed by atoms with Crippen molar-refractivity contribution >= 4 is 17.5 Å². The van der Waals surface area contributed by atoms with Crippen molar-refractivity contribution in [1.29, 1.82) is 0 Å². The van der Waals surface area contributed by atoms with Gasteiger partial charge in [-0.2, -0.15) is 9.97 Å². The van der Waals surface area contributed by atoms with Crippen LogP contribution in [-0.4, -0.2) is 59.5 Å². The molecule has 1 unspecified atom stereocenters. The molecule has 8 heteroatoms. The SMILES string of the molecule is COc1cnc(OC2CCN(C(=O)C3CC(=O)N(c4ccc(C)c(C)c4)C3)CC2)nc1. The number of aryl methyl sites for hydroxylation is 2. The number of carbonyl (C=O) groups is 2. The fourth-order valence-corrected chi connectivity index (χ4v) is 4.09. The lowest BCUT2D eigenvalue weighted by Gasteiger charge is -2.33. The van der Waals surface area contributed by atoms with Gasteiger partial charge in [0.05, 0.1) is 25.4 Å². The minimum absolute atomic E-state index is 0.0106. The molecule has 2 aliphatic rings. The van der Waals surface area contributed by atoms with Gasteiger partial charge in [0.15, 0.2) is 5.75 Å². The molecule has 1 atom stereocenters. The summed E-state index contributed by atoms with van der Waals surface area (Å²) in [5.41, 5.74) is 3.20. The van der Waals surface area contributed by atoms with Crippen molar-refractivity contribution in [3.05, 3.63) is 41.7 Å². The topological polar surface area (TPSA) is 84.9 Å². The number of aromatic nitrogens is 2. The van der Waals surface area contributed by atoms with E-state index in [1.54, 1.807) is 24.4 Å². The number of rotatable bonds is 5. The van der Waals surface area contributed by atoms with Crippen molar-refractivity contribution in [2.45, 2.75) is 39.2 Å². The molecule has 1 aromatic heterocycles. The maximum absolute atomic E-state index is 13.0. The van der Waals surface area contributed by atoms with Crippen LogP contribution < -0.4 is 14.4 Å². The van der Waals surface area contributed by atoms with Crippen LogP contribution in [0.25, 0.3) is 0 Å². The molecule has 164 valence electrons. The molecule has 2 fully saturated rings. The number of benzene rings is 1. The number of nitrogens with zero attached hydrogens (tertiary/aromatic N) is 4. The molecule has 0 radical (unpaired) electrons. The van der Waals surface area contributed by atoms with E-state index in [-0.39, 0.29) is 30.3 Å². The molecule has 31 heavy (non-hydrogen) atoms. The molecule has 3 heterocycles. The van der Waals surface area contributed by atoms with Gasteiger partial charge in [-0.1, -0.05) is 6.07 Å². The summed E-state index contributed by atoms with van der Waals surface area (Å²) < 4.78 is 10.9. The van der Waals surface area contributed by atoms with Crippen LogP contribution in [0.15, 0.2) is 30.6 Å². The highest BCUT2D eigenvalue weighted by Gasteiger charge is 2.38. The van der Waals surface area contributed by atoms with E-state index < -0.39 is 0 Å². The number of carbonyl (C=O) groups excluding carboxylic acids is 2. The van der Waals surface area contributed by atoms with Crippen molar-refractivity contribution in [1.82, 2.24) is 14.9 Å². The van der Waals surface area contributed by atoms with Crippen LogP contribution in [0.4, 0.5) is 5.69 Å². The monoisotopic (exact) mass is 424 g/mol. The second kappa shape index (κ2) is 8.91. The lowest BCUT2D eigenvalue weighted by atomic mass is 10.0. The molecule has 0 aliphatic carbocycles. The van der Waals surface area contributed by atoms with Crippen LogP contribution in [-0.2, 0) is 9.59 Å². The second-order valence-corrected chi connectivity index (χ2v) is 8.22. The second-order valence-electron chi connectivity index (χ2n) is 8.22. The standard InChI is InChI=1S/C23H28N4O4/c1-15-4-5-18(10-16(15)2)27-14-17(11-21(27)28)22(29)26-8-6-19(7-9-26)31-23-24-12-20(30-3)13-25-23/h4-5,10,12-13,17,19H,6-9,11,14H2,1-3H3. The highest BCUT2D eigenvalue weighted by molar-refractivity contribution is 6.00. The fraction of sp³-hybridized carbons (Fsp3) is 0.478. The summed E-state index contributed by atoms with van der Waals surface area (Å²) in [7, 11) is 1.56. The molecule has 2 aliphatic heterocycles. The summed E-state index contributed by atoms with van der Waals surface area (Å²) in [5.74, 6) is 0.348. The molecular formula is C23H28N4O4. The first-order valence-electron chi connectivity index (χ1n) is 10.6. The Morgan fingerprint density at radius 2 is 1.81 bits per heavy atom. The third-order valence-electron chi connectivity index (χ3n) is 6.14. The van der Waals surface area contributed by atoms with Gasteiger partial charge in [-0.25, -0.2) is 0 Å². The van der Waals surface area contributed by atoms with Gasteiger partial charge in [0.1, 0.15) is 6.10 Å². The first-order chi connectivity index (χ1) is 14.9. The van der Waals surface area contributed by atoms with Crippen molar-refractivity contribution in [2.75, 3.05) is 31.6 Å². The van der Waals surface area contributed by atoms with Crippen LogP contribution in [0, 0.1) is 19.8 Å². The summed E-state index contributed by atoms with van der Waals surface area (Å²) in [4.78, 5) is 37.5. The van der Waals surface area contributed by atoms with E-state index in [0.29, 0.717) is 44.2 Å². The summed E-state index contributed by atoms with van der Waals surface area (Å²) >= 11 is 0. The van der Waals surface area contributed by atoms with Crippen LogP contribution in [0.2, 0.25) is 0 Å². The van der Waals surface area contributed by atoms with Gasteiger partial charge < -0.3 is 19.3 Å². The van der Waals surface area contributed by atoms with E-state index in [9.17, 15) is 9.59 Å². The molecule has 0 bridgehead atoms.